The van der Waals surface area contributed by atoms with Crippen LogP contribution in [0.4, 0.5) is 0 Å². The van der Waals surface area contributed by atoms with Gasteiger partial charge in [-0.15, -0.1) is 11.3 Å². The van der Waals surface area contributed by atoms with Crippen molar-refractivity contribution in [3.8, 4) is 45.3 Å². The standard InChI is InChI=1S/C37H23N3S/c1-4-13-24(14-5-1)27-20-12-21-29-33(27)31(23-30-28-19-10-11-22-32(28)41-34(29)30)37-39-35(25-15-6-2-7-16-25)38-36(40-37)26-17-8-3-9-18-26/h1-23H. The van der Waals surface area contributed by atoms with Crippen molar-refractivity contribution in [3.63, 3.8) is 0 Å². The van der Waals surface area contributed by atoms with Gasteiger partial charge in [-0.2, -0.15) is 0 Å². The molecule has 0 atom stereocenters. The summed E-state index contributed by atoms with van der Waals surface area (Å²) in [5.74, 6) is 1.99. The molecule has 2 heterocycles. The molecule has 0 aliphatic carbocycles. The van der Waals surface area contributed by atoms with Crippen molar-refractivity contribution < 1.29 is 0 Å². The summed E-state index contributed by atoms with van der Waals surface area (Å²) in [4.78, 5) is 15.2. The van der Waals surface area contributed by atoms with Crippen LogP contribution in [0.25, 0.3) is 76.2 Å². The van der Waals surface area contributed by atoms with Crippen molar-refractivity contribution in [1.29, 1.82) is 0 Å². The monoisotopic (exact) mass is 541 g/mol. The van der Waals surface area contributed by atoms with E-state index in [2.05, 4.69) is 103 Å². The first kappa shape index (κ1) is 23.7. The number of benzene rings is 6. The molecule has 41 heavy (non-hydrogen) atoms. The Morgan fingerprint density at radius 1 is 0.390 bits per heavy atom. The van der Waals surface area contributed by atoms with Crippen LogP contribution in [0.3, 0.4) is 0 Å². The number of aromatic nitrogens is 3. The van der Waals surface area contributed by atoms with Crippen molar-refractivity contribution in [2.45, 2.75) is 0 Å². The Kier molecular flexibility index (Phi) is 5.64. The SMILES string of the molecule is c1ccc(-c2nc(-c3ccccc3)nc(-c3cc4c5ccccc5sc4c4cccc(-c5ccccc5)c34)n2)cc1. The fourth-order valence-electron chi connectivity index (χ4n) is 5.62. The van der Waals surface area contributed by atoms with Gasteiger partial charge in [0.15, 0.2) is 17.5 Å². The molecule has 0 fully saturated rings. The van der Waals surface area contributed by atoms with Gasteiger partial charge in [-0.3, -0.25) is 0 Å². The van der Waals surface area contributed by atoms with Crippen LogP contribution >= 0.6 is 11.3 Å². The Labute approximate surface area is 241 Å². The molecular formula is C37H23N3S. The van der Waals surface area contributed by atoms with Crippen LogP contribution in [0.15, 0.2) is 140 Å². The van der Waals surface area contributed by atoms with E-state index in [4.69, 9.17) is 15.0 Å². The van der Waals surface area contributed by atoms with E-state index in [0.717, 1.165) is 22.1 Å². The summed E-state index contributed by atoms with van der Waals surface area (Å²) >= 11 is 1.85. The van der Waals surface area contributed by atoms with Crippen molar-refractivity contribution in [1.82, 2.24) is 15.0 Å². The molecule has 0 spiro atoms. The number of hydrogen-bond donors (Lipinski definition) is 0. The molecule has 0 saturated carbocycles. The predicted molar refractivity (Wildman–Crippen MR) is 172 cm³/mol. The normalized spacial score (nSPS) is 11.4. The lowest BCUT2D eigenvalue weighted by atomic mass is 9.92. The Hall–Kier alpha value is -5.19. The van der Waals surface area contributed by atoms with Crippen molar-refractivity contribution in [2.24, 2.45) is 0 Å². The molecule has 0 bridgehead atoms. The molecular weight excluding hydrogens is 518 g/mol. The van der Waals surface area contributed by atoms with E-state index >= 15 is 0 Å². The highest BCUT2D eigenvalue weighted by Crippen LogP contribution is 2.45. The van der Waals surface area contributed by atoms with Crippen LogP contribution < -0.4 is 0 Å². The molecule has 8 aromatic rings. The minimum Gasteiger partial charge on any atom is -0.208 e. The number of fused-ring (bicyclic) bond motifs is 5. The third-order valence-corrected chi connectivity index (χ3v) is 8.75. The summed E-state index contributed by atoms with van der Waals surface area (Å²) in [6, 6.07) is 48.5. The van der Waals surface area contributed by atoms with Crippen LogP contribution in [0.2, 0.25) is 0 Å². The first-order valence-electron chi connectivity index (χ1n) is 13.6. The summed E-state index contributed by atoms with van der Waals surface area (Å²) in [6.07, 6.45) is 0. The minimum absolute atomic E-state index is 0.662. The van der Waals surface area contributed by atoms with E-state index in [9.17, 15) is 0 Å². The first-order valence-corrected chi connectivity index (χ1v) is 14.4. The number of rotatable bonds is 4. The summed E-state index contributed by atoms with van der Waals surface area (Å²) in [5, 5.41) is 4.84. The zero-order valence-corrected chi connectivity index (χ0v) is 22.8. The lowest BCUT2D eigenvalue weighted by Crippen LogP contribution is -2.01. The van der Waals surface area contributed by atoms with Gasteiger partial charge in [0.2, 0.25) is 0 Å². The molecule has 0 aliphatic heterocycles. The van der Waals surface area contributed by atoms with Crippen LogP contribution in [-0.4, -0.2) is 15.0 Å². The van der Waals surface area contributed by atoms with E-state index in [1.165, 1.54) is 36.7 Å². The topological polar surface area (TPSA) is 38.7 Å². The van der Waals surface area contributed by atoms with Crippen molar-refractivity contribution in [2.75, 3.05) is 0 Å². The second-order valence-electron chi connectivity index (χ2n) is 10.0. The molecule has 0 aliphatic rings. The smallest absolute Gasteiger partial charge is 0.164 e. The molecule has 3 nitrogen and oxygen atoms in total. The highest BCUT2D eigenvalue weighted by atomic mass is 32.1. The average molecular weight is 542 g/mol. The van der Waals surface area contributed by atoms with E-state index < -0.39 is 0 Å². The Bertz CT molecular complexity index is 2130. The van der Waals surface area contributed by atoms with Gasteiger partial charge < -0.3 is 0 Å². The molecule has 0 amide bonds. The second kappa shape index (κ2) is 9.77. The Balaban J connectivity index is 1.52. The van der Waals surface area contributed by atoms with Gasteiger partial charge in [-0.25, -0.2) is 15.0 Å². The fraction of sp³-hybridized carbons (Fsp3) is 0. The predicted octanol–water partition coefficient (Wildman–Crippen LogP) is 10.1. The Morgan fingerprint density at radius 2 is 0.927 bits per heavy atom. The maximum absolute atomic E-state index is 5.14. The molecule has 0 unspecified atom stereocenters. The van der Waals surface area contributed by atoms with E-state index in [1.807, 2.05) is 47.7 Å². The lowest BCUT2D eigenvalue weighted by molar-refractivity contribution is 1.08. The van der Waals surface area contributed by atoms with Crippen molar-refractivity contribution >= 4 is 42.3 Å². The minimum atomic E-state index is 0.662. The molecule has 0 saturated heterocycles. The van der Waals surface area contributed by atoms with Crippen LogP contribution in [-0.2, 0) is 0 Å². The van der Waals surface area contributed by atoms with E-state index in [-0.39, 0.29) is 0 Å². The van der Waals surface area contributed by atoms with Gasteiger partial charge in [-0.05, 0) is 23.3 Å². The Morgan fingerprint density at radius 3 is 1.59 bits per heavy atom. The summed E-state index contributed by atoms with van der Waals surface area (Å²) in [5.41, 5.74) is 5.26. The third kappa shape index (κ3) is 4.08. The van der Waals surface area contributed by atoms with Gasteiger partial charge in [0.25, 0.3) is 0 Å². The molecule has 192 valence electrons. The highest BCUT2D eigenvalue weighted by Gasteiger charge is 2.20. The summed E-state index contributed by atoms with van der Waals surface area (Å²) in [7, 11) is 0. The largest absolute Gasteiger partial charge is 0.208 e. The number of thiophene rings is 1. The van der Waals surface area contributed by atoms with Gasteiger partial charge in [0.1, 0.15) is 0 Å². The molecule has 4 heteroatoms. The van der Waals surface area contributed by atoms with Gasteiger partial charge in [-0.1, -0.05) is 127 Å². The molecule has 6 aromatic carbocycles. The van der Waals surface area contributed by atoms with Gasteiger partial charge in [0, 0.05) is 47.6 Å². The second-order valence-corrected chi connectivity index (χ2v) is 11.1. The maximum atomic E-state index is 5.14. The van der Waals surface area contributed by atoms with Crippen molar-refractivity contribution in [3.05, 3.63) is 140 Å². The van der Waals surface area contributed by atoms with Crippen LogP contribution in [0.1, 0.15) is 0 Å². The highest BCUT2D eigenvalue weighted by molar-refractivity contribution is 7.26. The van der Waals surface area contributed by atoms with Crippen LogP contribution in [0.5, 0.6) is 0 Å². The zero-order valence-electron chi connectivity index (χ0n) is 22.0. The third-order valence-electron chi connectivity index (χ3n) is 7.53. The molecule has 0 N–H and O–H groups in total. The number of nitrogens with zero attached hydrogens (tertiary/aromatic N) is 3. The lowest BCUT2D eigenvalue weighted by Gasteiger charge is -2.14. The number of hydrogen-bond acceptors (Lipinski definition) is 4. The summed E-state index contributed by atoms with van der Waals surface area (Å²) < 4.78 is 2.56. The summed E-state index contributed by atoms with van der Waals surface area (Å²) in [6.45, 7) is 0. The average Bonchev–Trinajstić information content (AvgIpc) is 3.44. The molecule has 0 radical (unpaired) electrons. The quantitative estimate of drug-likeness (QED) is 0.222. The van der Waals surface area contributed by atoms with Gasteiger partial charge in [0.05, 0.1) is 0 Å². The fourth-order valence-corrected chi connectivity index (χ4v) is 6.83. The molecule has 2 aromatic heterocycles. The molecule has 8 rings (SSSR count). The van der Waals surface area contributed by atoms with Gasteiger partial charge >= 0.3 is 0 Å². The zero-order chi connectivity index (χ0) is 27.2. The maximum Gasteiger partial charge on any atom is 0.164 e. The van der Waals surface area contributed by atoms with Crippen LogP contribution in [0, 0.1) is 0 Å². The van der Waals surface area contributed by atoms with E-state index in [0.29, 0.717) is 17.5 Å². The van der Waals surface area contributed by atoms with E-state index in [1.54, 1.807) is 0 Å². The first-order chi connectivity index (χ1) is 20.3.